The number of likely N-dealkylation sites (N-methyl/N-ethyl adjacent to an activating group) is 1. The number of aromatic nitrogens is 1. The number of fused-ring (bicyclic) bond motifs is 1. The van der Waals surface area contributed by atoms with Gasteiger partial charge in [0.1, 0.15) is 5.75 Å². The summed E-state index contributed by atoms with van der Waals surface area (Å²) >= 11 is 6.51. The molecule has 0 aliphatic rings. The predicted octanol–water partition coefficient (Wildman–Crippen LogP) is 4.10. The molecular weight excluding hydrogens is 272 g/mol. The Kier molecular flexibility index (Phi) is 5.32. The van der Waals surface area contributed by atoms with Crippen LogP contribution in [0.1, 0.15) is 25.8 Å². The minimum absolute atomic E-state index is 0.698. The third-order valence-electron chi connectivity index (χ3n) is 3.59. The van der Waals surface area contributed by atoms with Gasteiger partial charge in [0.2, 0.25) is 0 Å². The van der Waals surface area contributed by atoms with Crippen molar-refractivity contribution in [2.75, 3.05) is 26.7 Å². The number of nitrogens with zero attached hydrogens (tertiary/aromatic N) is 1. The summed E-state index contributed by atoms with van der Waals surface area (Å²) in [5.41, 5.74) is 2.33. The first-order valence-electron chi connectivity index (χ1n) is 7.27. The second kappa shape index (κ2) is 7.00. The zero-order chi connectivity index (χ0) is 14.5. The van der Waals surface area contributed by atoms with Crippen LogP contribution < -0.4 is 4.74 Å². The molecule has 0 radical (unpaired) electrons. The summed E-state index contributed by atoms with van der Waals surface area (Å²) in [6, 6.07) is 3.98. The number of nitrogens with one attached hydrogen (secondary N) is 1. The number of hydrogen-bond donors (Lipinski definition) is 1. The lowest BCUT2D eigenvalue weighted by Crippen LogP contribution is -2.20. The number of ether oxygens (including phenoxy) is 1. The van der Waals surface area contributed by atoms with Crippen molar-refractivity contribution in [2.24, 2.45) is 0 Å². The van der Waals surface area contributed by atoms with Crippen molar-refractivity contribution >= 4 is 22.5 Å². The molecule has 1 aromatic heterocycles. The van der Waals surface area contributed by atoms with Crippen LogP contribution in [0, 0.1) is 0 Å². The van der Waals surface area contributed by atoms with Gasteiger partial charge in [0.15, 0.2) is 0 Å². The molecule has 1 N–H and O–H groups in total. The van der Waals surface area contributed by atoms with Gasteiger partial charge >= 0.3 is 0 Å². The van der Waals surface area contributed by atoms with E-state index in [0.717, 1.165) is 47.6 Å². The van der Waals surface area contributed by atoms with E-state index in [9.17, 15) is 0 Å². The molecule has 4 heteroatoms. The Morgan fingerprint density at radius 2 is 2.10 bits per heavy atom. The van der Waals surface area contributed by atoms with Gasteiger partial charge in [-0.3, -0.25) is 0 Å². The standard InChI is InChI=1S/C16H23ClN2O/c1-4-10-20-14-7-6-13-15(16(14)17)12(11-18-13)8-9-19(3)5-2/h6-7,11,18H,4-5,8-10H2,1-3H3. The molecular formula is C16H23ClN2O. The predicted molar refractivity (Wildman–Crippen MR) is 86.0 cm³/mol. The van der Waals surface area contributed by atoms with Crippen LogP contribution in [0.25, 0.3) is 10.9 Å². The first kappa shape index (κ1) is 15.2. The van der Waals surface area contributed by atoms with Crippen molar-refractivity contribution in [1.82, 2.24) is 9.88 Å². The molecule has 0 spiro atoms. The van der Waals surface area contributed by atoms with Crippen LogP contribution in [0.3, 0.4) is 0 Å². The minimum Gasteiger partial charge on any atom is -0.492 e. The van der Waals surface area contributed by atoms with Gasteiger partial charge < -0.3 is 14.6 Å². The summed E-state index contributed by atoms with van der Waals surface area (Å²) in [6.45, 7) is 7.04. The highest BCUT2D eigenvalue weighted by Gasteiger charge is 2.12. The molecule has 0 amide bonds. The van der Waals surface area contributed by atoms with E-state index in [4.69, 9.17) is 16.3 Å². The monoisotopic (exact) mass is 294 g/mol. The summed E-state index contributed by atoms with van der Waals surface area (Å²) in [4.78, 5) is 5.59. The lowest BCUT2D eigenvalue weighted by molar-refractivity contribution is 0.318. The quantitative estimate of drug-likeness (QED) is 0.832. The molecule has 2 rings (SSSR count). The third kappa shape index (κ3) is 3.28. The zero-order valence-corrected chi connectivity index (χ0v) is 13.3. The van der Waals surface area contributed by atoms with E-state index < -0.39 is 0 Å². The molecule has 0 aliphatic heterocycles. The Hall–Kier alpha value is -1.19. The number of aromatic amines is 1. The van der Waals surface area contributed by atoms with Gasteiger partial charge in [-0.2, -0.15) is 0 Å². The summed E-state index contributed by atoms with van der Waals surface area (Å²) in [5, 5.41) is 1.83. The maximum absolute atomic E-state index is 6.51. The fourth-order valence-electron chi connectivity index (χ4n) is 2.22. The maximum Gasteiger partial charge on any atom is 0.138 e. The van der Waals surface area contributed by atoms with Crippen LogP contribution in [0.2, 0.25) is 5.02 Å². The summed E-state index contributed by atoms with van der Waals surface area (Å²) in [6.07, 6.45) is 4.03. The maximum atomic E-state index is 6.51. The molecule has 3 nitrogen and oxygen atoms in total. The number of H-pyrrole nitrogens is 1. The number of halogens is 1. The summed E-state index contributed by atoms with van der Waals surface area (Å²) in [7, 11) is 2.13. The molecule has 110 valence electrons. The lowest BCUT2D eigenvalue weighted by atomic mass is 10.1. The Morgan fingerprint density at radius 3 is 2.80 bits per heavy atom. The van der Waals surface area contributed by atoms with E-state index in [1.165, 1.54) is 5.56 Å². The normalized spacial score (nSPS) is 11.4. The molecule has 2 aromatic rings. The fraction of sp³-hybridized carbons (Fsp3) is 0.500. The van der Waals surface area contributed by atoms with Crippen LogP contribution in [-0.2, 0) is 6.42 Å². The lowest BCUT2D eigenvalue weighted by Gasteiger charge is -2.13. The Labute approximate surface area is 125 Å². The van der Waals surface area contributed by atoms with E-state index in [1.807, 2.05) is 12.1 Å². The Morgan fingerprint density at radius 1 is 1.30 bits per heavy atom. The van der Waals surface area contributed by atoms with E-state index >= 15 is 0 Å². The fourth-order valence-corrected chi connectivity index (χ4v) is 2.56. The second-order valence-corrected chi connectivity index (χ2v) is 5.49. The van der Waals surface area contributed by atoms with E-state index in [0.29, 0.717) is 6.61 Å². The zero-order valence-electron chi connectivity index (χ0n) is 12.5. The van der Waals surface area contributed by atoms with Crippen LogP contribution in [0.15, 0.2) is 18.3 Å². The topological polar surface area (TPSA) is 28.3 Å². The molecule has 0 atom stereocenters. The van der Waals surface area contributed by atoms with Crippen molar-refractivity contribution in [3.05, 3.63) is 28.9 Å². The summed E-state index contributed by atoms with van der Waals surface area (Å²) in [5.74, 6) is 0.783. The Bertz CT molecular complexity index is 565. The van der Waals surface area contributed by atoms with E-state index in [1.54, 1.807) is 0 Å². The summed E-state index contributed by atoms with van der Waals surface area (Å²) < 4.78 is 5.71. The van der Waals surface area contributed by atoms with Gasteiger partial charge in [0.05, 0.1) is 11.6 Å². The minimum atomic E-state index is 0.698. The van der Waals surface area contributed by atoms with Gasteiger partial charge in [-0.05, 0) is 44.1 Å². The first-order valence-corrected chi connectivity index (χ1v) is 7.65. The van der Waals surface area contributed by atoms with Crippen LogP contribution in [-0.4, -0.2) is 36.6 Å². The molecule has 20 heavy (non-hydrogen) atoms. The van der Waals surface area contributed by atoms with E-state index in [2.05, 4.69) is 37.0 Å². The second-order valence-electron chi connectivity index (χ2n) is 5.11. The van der Waals surface area contributed by atoms with Gasteiger partial charge in [0, 0.05) is 23.6 Å². The van der Waals surface area contributed by atoms with Crippen LogP contribution >= 0.6 is 11.6 Å². The first-order chi connectivity index (χ1) is 9.67. The highest BCUT2D eigenvalue weighted by Crippen LogP contribution is 2.35. The number of rotatable bonds is 7. The van der Waals surface area contributed by atoms with Gasteiger partial charge in [0.25, 0.3) is 0 Å². The average Bonchev–Trinajstić information content (AvgIpc) is 2.88. The highest BCUT2D eigenvalue weighted by atomic mass is 35.5. The van der Waals surface area contributed by atoms with Crippen molar-refractivity contribution in [3.63, 3.8) is 0 Å². The highest BCUT2D eigenvalue weighted by molar-refractivity contribution is 6.37. The van der Waals surface area contributed by atoms with Crippen molar-refractivity contribution in [2.45, 2.75) is 26.7 Å². The number of hydrogen-bond acceptors (Lipinski definition) is 2. The van der Waals surface area contributed by atoms with Crippen molar-refractivity contribution in [1.29, 1.82) is 0 Å². The van der Waals surface area contributed by atoms with Crippen molar-refractivity contribution in [3.8, 4) is 5.75 Å². The molecule has 0 bridgehead atoms. The van der Waals surface area contributed by atoms with E-state index in [-0.39, 0.29) is 0 Å². The average molecular weight is 295 g/mol. The molecule has 1 aromatic carbocycles. The third-order valence-corrected chi connectivity index (χ3v) is 3.97. The molecule has 0 aliphatic carbocycles. The van der Waals surface area contributed by atoms with Gasteiger partial charge in [-0.15, -0.1) is 0 Å². The largest absolute Gasteiger partial charge is 0.492 e. The van der Waals surface area contributed by atoms with Gasteiger partial charge in [-0.25, -0.2) is 0 Å². The molecule has 0 fully saturated rings. The molecule has 0 saturated heterocycles. The SMILES string of the molecule is CCCOc1ccc2[nH]cc(CCN(C)CC)c2c1Cl. The van der Waals surface area contributed by atoms with Crippen LogP contribution in [0.5, 0.6) is 5.75 Å². The smallest absolute Gasteiger partial charge is 0.138 e. The molecule has 1 heterocycles. The van der Waals surface area contributed by atoms with Gasteiger partial charge in [-0.1, -0.05) is 25.4 Å². The Balaban J connectivity index is 2.27. The van der Waals surface area contributed by atoms with Crippen molar-refractivity contribution < 1.29 is 4.74 Å². The van der Waals surface area contributed by atoms with Crippen LogP contribution in [0.4, 0.5) is 0 Å². The number of benzene rings is 1. The molecule has 0 unspecified atom stereocenters. The molecule has 0 saturated carbocycles.